The van der Waals surface area contributed by atoms with E-state index >= 15 is 0 Å². The number of aliphatic hydroxyl groups is 1. The summed E-state index contributed by atoms with van der Waals surface area (Å²) in [6.07, 6.45) is -0.508. The Morgan fingerprint density at radius 1 is 1.00 bits per heavy atom. The molecule has 130 valence electrons. The SMILES string of the molecule is Cc1cc(Sc2ccc(OCC(O)C(C)(C)C)c(C)c2)ccc1O. The van der Waals surface area contributed by atoms with Gasteiger partial charge in [-0.1, -0.05) is 32.5 Å². The largest absolute Gasteiger partial charge is 0.508 e. The number of phenols is 1. The summed E-state index contributed by atoms with van der Waals surface area (Å²) in [7, 11) is 0. The normalized spacial score (nSPS) is 12.9. The molecule has 0 aliphatic carbocycles. The Balaban J connectivity index is 2.05. The summed E-state index contributed by atoms with van der Waals surface area (Å²) in [5.41, 5.74) is 1.71. The third-order valence-electron chi connectivity index (χ3n) is 3.95. The lowest BCUT2D eigenvalue weighted by Crippen LogP contribution is -2.32. The van der Waals surface area contributed by atoms with Crippen LogP contribution in [0.15, 0.2) is 46.2 Å². The van der Waals surface area contributed by atoms with Crippen LogP contribution in [0.3, 0.4) is 0 Å². The number of aliphatic hydroxyl groups excluding tert-OH is 1. The number of ether oxygens (including phenoxy) is 1. The van der Waals surface area contributed by atoms with Gasteiger partial charge in [0.1, 0.15) is 18.1 Å². The van der Waals surface area contributed by atoms with Gasteiger partial charge < -0.3 is 14.9 Å². The molecule has 3 nitrogen and oxygen atoms in total. The smallest absolute Gasteiger partial charge is 0.122 e. The molecule has 0 bridgehead atoms. The first-order valence-corrected chi connectivity index (χ1v) is 8.87. The maximum Gasteiger partial charge on any atom is 0.122 e. The van der Waals surface area contributed by atoms with Crippen molar-refractivity contribution in [1.29, 1.82) is 0 Å². The van der Waals surface area contributed by atoms with E-state index in [2.05, 4.69) is 6.07 Å². The van der Waals surface area contributed by atoms with Gasteiger partial charge in [0.05, 0.1) is 6.10 Å². The Morgan fingerprint density at radius 3 is 2.12 bits per heavy atom. The molecule has 1 unspecified atom stereocenters. The molecular weight excluding hydrogens is 320 g/mol. The predicted octanol–water partition coefficient (Wildman–Crippen LogP) is 4.95. The quantitative estimate of drug-likeness (QED) is 0.804. The van der Waals surface area contributed by atoms with Gasteiger partial charge in [-0.3, -0.25) is 0 Å². The monoisotopic (exact) mass is 346 g/mol. The highest BCUT2D eigenvalue weighted by Gasteiger charge is 2.22. The van der Waals surface area contributed by atoms with Crippen LogP contribution in [0.4, 0.5) is 0 Å². The summed E-state index contributed by atoms with van der Waals surface area (Å²) in [5.74, 6) is 1.11. The standard InChI is InChI=1S/C20H26O3S/c1-13-10-15(6-8-17(13)21)24-16-7-9-18(14(2)11-16)23-12-19(22)20(3,4)5/h6-11,19,21-22H,12H2,1-5H3. The summed E-state index contributed by atoms with van der Waals surface area (Å²) in [6, 6.07) is 11.6. The van der Waals surface area contributed by atoms with E-state index in [1.54, 1.807) is 17.8 Å². The van der Waals surface area contributed by atoms with E-state index in [9.17, 15) is 10.2 Å². The molecule has 1 atom stereocenters. The zero-order valence-electron chi connectivity index (χ0n) is 15.0. The van der Waals surface area contributed by atoms with E-state index in [1.165, 1.54) is 0 Å². The number of hydrogen-bond acceptors (Lipinski definition) is 4. The number of phenolic OH excluding ortho intramolecular Hbond substituents is 1. The van der Waals surface area contributed by atoms with Gasteiger partial charge in [0, 0.05) is 9.79 Å². The van der Waals surface area contributed by atoms with Crippen LogP contribution in [0.1, 0.15) is 31.9 Å². The number of aryl methyl sites for hydroxylation is 2. The number of benzene rings is 2. The summed E-state index contributed by atoms with van der Waals surface area (Å²) in [4.78, 5) is 2.20. The van der Waals surface area contributed by atoms with Crippen LogP contribution in [-0.2, 0) is 0 Å². The molecule has 0 aliphatic heterocycles. The maximum absolute atomic E-state index is 10.1. The zero-order valence-corrected chi connectivity index (χ0v) is 15.8. The molecule has 24 heavy (non-hydrogen) atoms. The van der Waals surface area contributed by atoms with E-state index in [0.717, 1.165) is 26.7 Å². The topological polar surface area (TPSA) is 49.7 Å². The van der Waals surface area contributed by atoms with Crippen molar-refractivity contribution in [2.75, 3.05) is 6.61 Å². The van der Waals surface area contributed by atoms with Crippen LogP contribution in [0.2, 0.25) is 0 Å². The van der Waals surface area contributed by atoms with Gasteiger partial charge in [-0.2, -0.15) is 0 Å². The highest BCUT2D eigenvalue weighted by molar-refractivity contribution is 7.99. The van der Waals surface area contributed by atoms with Gasteiger partial charge in [0.15, 0.2) is 0 Å². The van der Waals surface area contributed by atoms with Crippen molar-refractivity contribution in [3.05, 3.63) is 47.5 Å². The molecule has 0 heterocycles. The molecular formula is C20H26O3S. The fourth-order valence-corrected chi connectivity index (χ4v) is 3.11. The van der Waals surface area contributed by atoms with E-state index in [0.29, 0.717) is 5.75 Å². The molecule has 4 heteroatoms. The second kappa shape index (κ2) is 7.49. The Morgan fingerprint density at radius 2 is 1.58 bits per heavy atom. The Hall–Kier alpha value is -1.65. The molecule has 2 aromatic carbocycles. The molecule has 0 saturated carbocycles. The van der Waals surface area contributed by atoms with Crippen molar-refractivity contribution < 1.29 is 14.9 Å². The average Bonchev–Trinajstić information content (AvgIpc) is 2.49. The molecule has 0 spiro atoms. The number of aromatic hydroxyl groups is 1. The van der Waals surface area contributed by atoms with Gasteiger partial charge in [0.2, 0.25) is 0 Å². The fourth-order valence-electron chi connectivity index (χ4n) is 2.09. The first-order valence-electron chi connectivity index (χ1n) is 8.06. The van der Waals surface area contributed by atoms with Crippen LogP contribution >= 0.6 is 11.8 Å². The maximum atomic E-state index is 10.1. The molecule has 0 aromatic heterocycles. The third-order valence-corrected chi connectivity index (χ3v) is 4.93. The molecule has 0 fully saturated rings. The van der Waals surface area contributed by atoms with Crippen molar-refractivity contribution in [3.8, 4) is 11.5 Å². The van der Waals surface area contributed by atoms with E-state index in [-0.39, 0.29) is 12.0 Å². The average molecular weight is 346 g/mol. The van der Waals surface area contributed by atoms with Crippen molar-refractivity contribution in [1.82, 2.24) is 0 Å². The predicted molar refractivity (Wildman–Crippen MR) is 99.1 cm³/mol. The first-order chi connectivity index (χ1) is 11.2. The number of hydrogen-bond donors (Lipinski definition) is 2. The minimum absolute atomic E-state index is 0.194. The summed E-state index contributed by atoms with van der Waals surface area (Å²) < 4.78 is 5.77. The van der Waals surface area contributed by atoms with Crippen molar-refractivity contribution in [2.24, 2.45) is 5.41 Å². The Bertz CT molecular complexity index is 705. The minimum Gasteiger partial charge on any atom is -0.508 e. The molecule has 0 aliphatic rings. The van der Waals surface area contributed by atoms with E-state index in [4.69, 9.17) is 4.74 Å². The van der Waals surface area contributed by atoms with E-state index < -0.39 is 6.10 Å². The molecule has 0 saturated heterocycles. The lowest BCUT2D eigenvalue weighted by molar-refractivity contribution is 0.0216. The summed E-state index contributed by atoms with van der Waals surface area (Å²) in [5, 5.41) is 19.7. The number of rotatable bonds is 5. The van der Waals surface area contributed by atoms with Crippen LogP contribution < -0.4 is 4.74 Å². The molecule has 2 rings (SSSR count). The van der Waals surface area contributed by atoms with Crippen LogP contribution in [0.5, 0.6) is 11.5 Å². The third kappa shape index (κ3) is 4.92. The fraction of sp³-hybridized carbons (Fsp3) is 0.400. The summed E-state index contributed by atoms with van der Waals surface area (Å²) in [6.45, 7) is 10.2. The first kappa shape index (κ1) is 18.7. The highest BCUT2D eigenvalue weighted by Crippen LogP contribution is 2.33. The van der Waals surface area contributed by atoms with Gasteiger partial charge in [0.25, 0.3) is 0 Å². The van der Waals surface area contributed by atoms with Gasteiger partial charge >= 0.3 is 0 Å². The lowest BCUT2D eigenvalue weighted by atomic mass is 9.90. The van der Waals surface area contributed by atoms with Gasteiger partial charge in [-0.05, 0) is 66.8 Å². The molecule has 0 amide bonds. The second-order valence-electron chi connectivity index (χ2n) is 7.17. The minimum atomic E-state index is -0.508. The van der Waals surface area contributed by atoms with Gasteiger partial charge in [-0.25, -0.2) is 0 Å². The summed E-state index contributed by atoms with van der Waals surface area (Å²) >= 11 is 1.65. The van der Waals surface area contributed by atoms with Gasteiger partial charge in [-0.15, -0.1) is 0 Å². The highest BCUT2D eigenvalue weighted by atomic mass is 32.2. The molecule has 2 N–H and O–H groups in total. The second-order valence-corrected chi connectivity index (χ2v) is 8.32. The van der Waals surface area contributed by atoms with Crippen LogP contribution in [0, 0.1) is 19.3 Å². The van der Waals surface area contributed by atoms with Crippen molar-refractivity contribution in [2.45, 2.75) is 50.5 Å². The Labute approximate surface area is 148 Å². The van der Waals surface area contributed by atoms with Crippen LogP contribution in [-0.4, -0.2) is 22.9 Å². The Kier molecular flexibility index (Phi) is 5.83. The van der Waals surface area contributed by atoms with Crippen molar-refractivity contribution in [3.63, 3.8) is 0 Å². The molecule has 0 radical (unpaired) electrons. The lowest BCUT2D eigenvalue weighted by Gasteiger charge is -2.26. The van der Waals surface area contributed by atoms with E-state index in [1.807, 2.05) is 58.9 Å². The van der Waals surface area contributed by atoms with Crippen LogP contribution in [0.25, 0.3) is 0 Å². The zero-order chi connectivity index (χ0) is 17.9. The van der Waals surface area contributed by atoms with Crippen molar-refractivity contribution >= 4 is 11.8 Å². The molecule has 2 aromatic rings.